The molecule has 0 aromatic rings. The number of rotatable bonds is 5. The van der Waals surface area contributed by atoms with Crippen molar-refractivity contribution in [3.05, 3.63) is 12.2 Å². The van der Waals surface area contributed by atoms with Gasteiger partial charge in [0, 0.05) is 25.2 Å². The molecule has 0 spiro atoms. The quantitative estimate of drug-likeness (QED) is 0.344. The molecule has 0 aromatic heterocycles. The Hall–Kier alpha value is -1.48. The Morgan fingerprint density at radius 2 is 1.88 bits per heavy atom. The molecule has 0 radical (unpaired) electrons. The van der Waals surface area contributed by atoms with Crippen molar-refractivity contribution in [2.24, 2.45) is 0 Å². The molecule has 0 bridgehead atoms. The first kappa shape index (κ1) is 13.6. The molecular formula is C9H15N3O5. The van der Waals surface area contributed by atoms with E-state index in [-0.39, 0.29) is 0 Å². The zero-order chi connectivity index (χ0) is 12.5. The minimum absolute atomic E-state index is 0.616. The SMILES string of the molecule is COC(=O)/C=C/C(=O)ONNN1CCOCC1. The van der Waals surface area contributed by atoms with E-state index in [1.807, 2.05) is 0 Å². The van der Waals surface area contributed by atoms with Gasteiger partial charge in [-0.2, -0.15) is 5.53 Å². The molecule has 0 aliphatic carbocycles. The van der Waals surface area contributed by atoms with Crippen molar-refractivity contribution in [2.75, 3.05) is 33.4 Å². The van der Waals surface area contributed by atoms with Crippen molar-refractivity contribution < 1.29 is 23.9 Å². The smallest absolute Gasteiger partial charge is 0.351 e. The molecule has 1 saturated heterocycles. The van der Waals surface area contributed by atoms with Crippen molar-refractivity contribution >= 4 is 11.9 Å². The van der Waals surface area contributed by atoms with Crippen molar-refractivity contribution in [3.8, 4) is 0 Å². The minimum Gasteiger partial charge on any atom is -0.466 e. The fourth-order valence-corrected chi connectivity index (χ4v) is 1.05. The largest absolute Gasteiger partial charge is 0.466 e. The van der Waals surface area contributed by atoms with Crippen LogP contribution in [0.1, 0.15) is 0 Å². The lowest BCUT2D eigenvalue weighted by Crippen LogP contribution is -2.52. The molecule has 1 heterocycles. The second-order valence-corrected chi connectivity index (χ2v) is 3.09. The topological polar surface area (TPSA) is 89.1 Å². The average molecular weight is 245 g/mol. The van der Waals surface area contributed by atoms with Gasteiger partial charge >= 0.3 is 11.9 Å². The zero-order valence-corrected chi connectivity index (χ0v) is 9.47. The van der Waals surface area contributed by atoms with Gasteiger partial charge < -0.3 is 14.3 Å². The van der Waals surface area contributed by atoms with E-state index >= 15 is 0 Å². The van der Waals surface area contributed by atoms with E-state index in [1.54, 1.807) is 5.01 Å². The summed E-state index contributed by atoms with van der Waals surface area (Å²) in [6, 6.07) is 0. The molecule has 1 rings (SSSR count). The average Bonchev–Trinajstić information content (AvgIpc) is 2.37. The Kier molecular flexibility index (Phi) is 6.18. The summed E-state index contributed by atoms with van der Waals surface area (Å²) in [5.74, 6) is -1.33. The number of methoxy groups -OCH3 is 1. The van der Waals surface area contributed by atoms with Crippen molar-refractivity contribution in [1.82, 2.24) is 16.1 Å². The first-order chi connectivity index (χ1) is 8.22. The first-order valence-electron chi connectivity index (χ1n) is 5.02. The van der Waals surface area contributed by atoms with Gasteiger partial charge in [0.25, 0.3) is 0 Å². The summed E-state index contributed by atoms with van der Waals surface area (Å²) in [5, 5.41) is 1.79. The summed E-state index contributed by atoms with van der Waals surface area (Å²) in [6.45, 7) is 2.60. The second-order valence-electron chi connectivity index (χ2n) is 3.09. The van der Waals surface area contributed by atoms with Crippen LogP contribution < -0.4 is 11.1 Å². The maximum absolute atomic E-state index is 11.0. The fourth-order valence-electron chi connectivity index (χ4n) is 1.05. The third-order valence-corrected chi connectivity index (χ3v) is 1.92. The van der Waals surface area contributed by atoms with Gasteiger partial charge in [0.15, 0.2) is 0 Å². The first-order valence-corrected chi connectivity index (χ1v) is 5.02. The Balaban J connectivity index is 2.11. The molecule has 96 valence electrons. The number of hydrogen-bond donors (Lipinski definition) is 2. The molecule has 0 amide bonds. The lowest BCUT2D eigenvalue weighted by atomic mass is 10.5. The van der Waals surface area contributed by atoms with E-state index in [0.717, 1.165) is 12.2 Å². The predicted octanol–water partition coefficient (Wildman–Crippen LogP) is -1.48. The molecule has 0 atom stereocenters. The van der Waals surface area contributed by atoms with Gasteiger partial charge in [0.05, 0.1) is 20.3 Å². The molecule has 0 saturated carbocycles. The van der Waals surface area contributed by atoms with Crippen LogP contribution in [0.4, 0.5) is 0 Å². The van der Waals surface area contributed by atoms with Crippen LogP contribution in [0.15, 0.2) is 12.2 Å². The third kappa shape index (κ3) is 5.97. The van der Waals surface area contributed by atoms with E-state index in [4.69, 9.17) is 4.74 Å². The molecular weight excluding hydrogens is 230 g/mol. The summed E-state index contributed by atoms with van der Waals surface area (Å²) in [6.07, 6.45) is 1.93. The maximum Gasteiger partial charge on any atom is 0.351 e. The number of hydrazine groups is 2. The predicted molar refractivity (Wildman–Crippen MR) is 55.9 cm³/mol. The number of ether oxygens (including phenoxy) is 2. The van der Waals surface area contributed by atoms with E-state index in [9.17, 15) is 9.59 Å². The lowest BCUT2D eigenvalue weighted by Gasteiger charge is -2.26. The summed E-state index contributed by atoms with van der Waals surface area (Å²) in [7, 11) is 1.22. The molecule has 0 unspecified atom stereocenters. The number of hydrogen-bond acceptors (Lipinski definition) is 8. The summed E-state index contributed by atoms with van der Waals surface area (Å²) in [4.78, 5) is 26.3. The number of esters is 1. The molecule has 1 fully saturated rings. The Bertz CT molecular complexity index is 288. The van der Waals surface area contributed by atoms with Gasteiger partial charge in [-0.15, -0.1) is 0 Å². The minimum atomic E-state index is -0.712. The Morgan fingerprint density at radius 1 is 1.24 bits per heavy atom. The molecule has 8 nitrogen and oxygen atoms in total. The van der Waals surface area contributed by atoms with E-state index in [0.29, 0.717) is 26.3 Å². The normalized spacial score (nSPS) is 17.0. The third-order valence-electron chi connectivity index (χ3n) is 1.92. The number of nitrogens with zero attached hydrogens (tertiary/aromatic N) is 1. The van der Waals surface area contributed by atoms with Crippen LogP contribution in [0.2, 0.25) is 0 Å². The van der Waals surface area contributed by atoms with Gasteiger partial charge in [-0.1, -0.05) is 5.59 Å². The maximum atomic E-state index is 11.0. The highest BCUT2D eigenvalue weighted by Gasteiger charge is 2.09. The summed E-state index contributed by atoms with van der Waals surface area (Å²) in [5.41, 5.74) is 4.93. The molecule has 0 aromatic carbocycles. The van der Waals surface area contributed by atoms with E-state index < -0.39 is 11.9 Å². The van der Waals surface area contributed by atoms with Crippen LogP contribution in [-0.4, -0.2) is 50.4 Å². The second kappa shape index (κ2) is 7.74. The number of carbonyl (C=O) groups excluding carboxylic acids is 2. The van der Waals surface area contributed by atoms with Crippen molar-refractivity contribution in [3.63, 3.8) is 0 Å². The highest BCUT2D eigenvalue weighted by Crippen LogP contribution is 1.90. The number of morpholine rings is 1. The van der Waals surface area contributed by atoms with E-state index in [2.05, 4.69) is 20.7 Å². The van der Waals surface area contributed by atoms with Crippen LogP contribution >= 0.6 is 0 Å². The monoisotopic (exact) mass is 245 g/mol. The van der Waals surface area contributed by atoms with Crippen LogP contribution in [-0.2, 0) is 23.9 Å². The molecule has 2 N–H and O–H groups in total. The molecule has 1 aliphatic rings. The zero-order valence-electron chi connectivity index (χ0n) is 9.47. The van der Waals surface area contributed by atoms with Crippen LogP contribution in [0, 0.1) is 0 Å². The van der Waals surface area contributed by atoms with Crippen LogP contribution in [0.25, 0.3) is 0 Å². The van der Waals surface area contributed by atoms with Gasteiger partial charge in [-0.05, 0) is 0 Å². The molecule has 8 heteroatoms. The lowest BCUT2D eigenvalue weighted by molar-refractivity contribution is -0.154. The number of carbonyl (C=O) groups is 2. The highest BCUT2D eigenvalue weighted by molar-refractivity contribution is 5.91. The summed E-state index contributed by atoms with van der Waals surface area (Å²) >= 11 is 0. The van der Waals surface area contributed by atoms with E-state index in [1.165, 1.54) is 7.11 Å². The molecule has 17 heavy (non-hydrogen) atoms. The fraction of sp³-hybridized carbons (Fsp3) is 0.556. The van der Waals surface area contributed by atoms with Gasteiger partial charge in [0.1, 0.15) is 0 Å². The summed E-state index contributed by atoms with van der Waals surface area (Å²) < 4.78 is 9.43. The molecule has 1 aliphatic heterocycles. The number of nitrogens with one attached hydrogen (secondary N) is 2. The van der Waals surface area contributed by atoms with Crippen LogP contribution in [0.5, 0.6) is 0 Å². The Morgan fingerprint density at radius 3 is 2.53 bits per heavy atom. The highest BCUT2D eigenvalue weighted by atomic mass is 16.7. The van der Waals surface area contributed by atoms with Crippen molar-refractivity contribution in [1.29, 1.82) is 0 Å². The van der Waals surface area contributed by atoms with Gasteiger partial charge in [-0.25, -0.2) is 14.6 Å². The standard InChI is InChI=1S/C9H15N3O5/c1-15-8(13)2-3-9(14)17-11-10-12-4-6-16-7-5-12/h2-3,10-11H,4-7H2,1H3/b3-2+. The Labute approximate surface area is 98.4 Å². The van der Waals surface area contributed by atoms with Gasteiger partial charge in [-0.3, -0.25) is 0 Å². The van der Waals surface area contributed by atoms with Crippen LogP contribution in [0.3, 0.4) is 0 Å². The van der Waals surface area contributed by atoms with Crippen molar-refractivity contribution in [2.45, 2.75) is 0 Å². The van der Waals surface area contributed by atoms with Gasteiger partial charge in [0.2, 0.25) is 0 Å².